The number of rotatable bonds is 4. The minimum Gasteiger partial charge on any atom is -0.387 e. The van der Waals surface area contributed by atoms with Crippen LogP contribution in [-0.4, -0.2) is 19.0 Å². The third-order valence-corrected chi connectivity index (χ3v) is 3.42. The first-order valence-corrected chi connectivity index (χ1v) is 6.27. The molecule has 1 aliphatic rings. The van der Waals surface area contributed by atoms with Crippen molar-refractivity contribution in [2.75, 3.05) is 12.4 Å². The van der Waals surface area contributed by atoms with E-state index < -0.39 is 0 Å². The molecule has 0 bridgehead atoms. The van der Waals surface area contributed by atoms with Gasteiger partial charge in [0.05, 0.1) is 5.56 Å². The summed E-state index contributed by atoms with van der Waals surface area (Å²) < 4.78 is 0. The highest BCUT2D eigenvalue weighted by molar-refractivity contribution is 6.31. The molecule has 2 rings (SSSR count). The van der Waals surface area contributed by atoms with Crippen LogP contribution in [0.15, 0.2) is 18.2 Å². The molecule has 1 unspecified atom stereocenters. The van der Waals surface area contributed by atoms with Crippen LogP contribution in [0.2, 0.25) is 5.02 Å². The third kappa shape index (κ3) is 2.91. The number of nitrogens with one attached hydrogen (secondary N) is 2. The van der Waals surface area contributed by atoms with E-state index in [-0.39, 0.29) is 11.9 Å². The van der Waals surface area contributed by atoms with E-state index in [2.05, 4.69) is 17.6 Å². The molecule has 1 aromatic carbocycles. The summed E-state index contributed by atoms with van der Waals surface area (Å²) in [6.07, 6.45) is 2.44. The van der Waals surface area contributed by atoms with E-state index in [1.807, 2.05) is 6.07 Å². The molecule has 0 saturated heterocycles. The zero-order chi connectivity index (χ0) is 12.4. The molecule has 1 atom stereocenters. The number of benzene rings is 1. The van der Waals surface area contributed by atoms with E-state index >= 15 is 0 Å². The maximum Gasteiger partial charge on any atom is 0.253 e. The fourth-order valence-electron chi connectivity index (χ4n) is 1.92. The van der Waals surface area contributed by atoms with Crippen LogP contribution < -0.4 is 10.6 Å². The topological polar surface area (TPSA) is 41.1 Å². The summed E-state index contributed by atoms with van der Waals surface area (Å²) in [5.41, 5.74) is 1.40. The van der Waals surface area contributed by atoms with E-state index in [1.54, 1.807) is 19.2 Å². The average molecular weight is 253 g/mol. The molecule has 1 amide bonds. The van der Waals surface area contributed by atoms with Gasteiger partial charge in [-0.1, -0.05) is 11.6 Å². The van der Waals surface area contributed by atoms with Crippen molar-refractivity contribution in [1.82, 2.24) is 5.32 Å². The SMILES string of the molecule is CNc1ccc(Cl)cc1C(=O)NC(C)C1CC1. The van der Waals surface area contributed by atoms with Crippen LogP contribution in [0.25, 0.3) is 0 Å². The summed E-state index contributed by atoms with van der Waals surface area (Å²) in [6.45, 7) is 2.05. The Hall–Kier alpha value is -1.22. The van der Waals surface area contributed by atoms with Crippen molar-refractivity contribution in [2.45, 2.75) is 25.8 Å². The van der Waals surface area contributed by atoms with Crippen LogP contribution in [0.4, 0.5) is 5.69 Å². The zero-order valence-corrected chi connectivity index (χ0v) is 10.8. The summed E-state index contributed by atoms with van der Waals surface area (Å²) in [5.74, 6) is 0.590. The lowest BCUT2D eigenvalue weighted by Gasteiger charge is -2.15. The van der Waals surface area contributed by atoms with E-state index in [9.17, 15) is 4.79 Å². The minimum absolute atomic E-state index is 0.0590. The average Bonchev–Trinajstić information content (AvgIpc) is 3.12. The van der Waals surface area contributed by atoms with Gasteiger partial charge in [-0.15, -0.1) is 0 Å². The molecule has 1 aliphatic carbocycles. The smallest absolute Gasteiger partial charge is 0.253 e. The van der Waals surface area contributed by atoms with Crippen molar-refractivity contribution in [3.05, 3.63) is 28.8 Å². The Kier molecular flexibility index (Phi) is 3.57. The molecule has 1 aromatic rings. The molecule has 0 heterocycles. The van der Waals surface area contributed by atoms with Gasteiger partial charge in [0.2, 0.25) is 0 Å². The number of hydrogen-bond donors (Lipinski definition) is 2. The Bertz CT molecular complexity index is 429. The van der Waals surface area contributed by atoms with Crippen molar-refractivity contribution in [3.63, 3.8) is 0 Å². The summed E-state index contributed by atoms with van der Waals surface area (Å²) in [7, 11) is 1.80. The van der Waals surface area contributed by atoms with Gasteiger partial charge in [-0.25, -0.2) is 0 Å². The number of hydrogen-bond acceptors (Lipinski definition) is 2. The molecular weight excluding hydrogens is 236 g/mol. The van der Waals surface area contributed by atoms with E-state index in [4.69, 9.17) is 11.6 Å². The first-order chi connectivity index (χ1) is 8.11. The largest absolute Gasteiger partial charge is 0.387 e. The van der Waals surface area contributed by atoms with Crippen LogP contribution in [0, 0.1) is 5.92 Å². The molecule has 17 heavy (non-hydrogen) atoms. The summed E-state index contributed by atoms with van der Waals surface area (Å²) >= 11 is 5.92. The Morgan fingerprint density at radius 3 is 2.76 bits per heavy atom. The van der Waals surface area contributed by atoms with Crippen molar-refractivity contribution < 1.29 is 4.79 Å². The molecule has 3 nitrogen and oxygen atoms in total. The van der Waals surface area contributed by atoms with Crippen molar-refractivity contribution in [1.29, 1.82) is 0 Å². The van der Waals surface area contributed by atoms with Gasteiger partial charge in [0.15, 0.2) is 0 Å². The monoisotopic (exact) mass is 252 g/mol. The normalized spacial score (nSPS) is 16.4. The fraction of sp³-hybridized carbons (Fsp3) is 0.462. The lowest BCUT2D eigenvalue weighted by molar-refractivity contribution is 0.0936. The Labute approximate surface area is 107 Å². The molecule has 0 spiro atoms. The number of halogens is 1. The lowest BCUT2D eigenvalue weighted by Crippen LogP contribution is -2.34. The zero-order valence-electron chi connectivity index (χ0n) is 10.1. The van der Waals surface area contributed by atoms with Crippen LogP contribution in [0.5, 0.6) is 0 Å². The van der Waals surface area contributed by atoms with Crippen LogP contribution in [0.1, 0.15) is 30.1 Å². The second kappa shape index (κ2) is 4.96. The summed E-state index contributed by atoms with van der Waals surface area (Å²) in [5, 5.41) is 6.60. The molecule has 0 radical (unpaired) electrons. The number of amides is 1. The summed E-state index contributed by atoms with van der Waals surface area (Å²) in [4.78, 5) is 12.1. The molecule has 1 fully saturated rings. The first-order valence-electron chi connectivity index (χ1n) is 5.90. The van der Waals surface area contributed by atoms with Gasteiger partial charge in [0, 0.05) is 23.8 Å². The van der Waals surface area contributed by atoms with Gasteiger partial charge >= 0.3 is 0 Å². The van der Waals surface area contributed by atoms with Crippen molar-refractivity contribution in [3.8, 4) is 0 Å². The maximum atomic E-state index is 12.1. The van der Waals surface area contributed by atoms with Gasteiger partial charge in [0.25, 0.3) is 5.91 Å². The van der Waals surface area contributed by atoms with Gasteiger partial charge in [-0.05, 0) is 43.9 Å². The van der Waals surface area contributed by atoms with Gasteiger partial charge in [0.1, 0.15) is 0 Å². The number of carbonyl (C=O) groups excluding carboxylic acids is 1. The number of anilines is 1. The van der Waals surface area contributed by atoms with Gasteiger partial charge in [-0.3, -0.25) is 4.79 Å². The molecule has 2 N–H and O–H groups in total. The first kappa shape index (κ1) is 12.2. The van der Waals surface area contributed by atoms with Crippen molar-refractivity contribution >= 4 is 23.2 Å². The second-order valence-corrected chi connectivity index (χ2v) is 4.98. The Balaban J connectivity index is 2.14. The highest BCUT2D eigenvalue weighted by atomic mass is 35.5. The Morgan fingerprint density at radius 1 is 1.47 bits per heavy atom. The third-order valence-electron chi connectivity index (χ3n) is 3.18. The fourth-order valence-corrected chi connectivity index (χ4v) is 2.09. The van der Waals surface area contributed by atoms with Gasteiger partial charge < -0.3 is 10.6 Å². The predicted octanol–water partition coefficient (Wildman–Crippen LogP) is 2.91. The molecule has 92 valence electrons. The lowest BCUT2D eigenvalue weighted by atomic mass is 10.1. The summed E-state index contributed by atoms with van der Waals surface area (Å²) in [6, 6.07) is 5.53. The molecule has 0 aliphatic heterocycles. The highest BCUT2D eigenvalue weighted by Gasteiger charge is 2.29. The molecular formula is C13H17ClN2O. The van der Waals surface area contributed by atoms with Gasteiger partial charge in [-0.2, -0.15) is 0 Å². The second-order valence-electron chi connectivity index (χ2n) is 4.54. The highest BCUT2D eigenvalue weighted by Crippen LogP contribution is 2.32. The number of carbonyl (C=O) groups is 1. The van der Waals surface area contributed by atoms with Crippen LogP contribution in [0.3, 0.4) is 0 Å². The molecule has 4 heteroatoms. The van der Waals surface area contributed by atoms with E-state index in [0.717, 1.165) is 5.69 Å². The van der Waals surface area contributed by atoms with E-state index in [1.165, 1.54) is 12.8 Å². The predicted molar refractivity (Wildman–Crippen MR) is 70.7 cm³/mol. The van der Waals surface area contributed by atoms with Crippen LogP contribution in [-0.2, 0) is 0 Å². The molecule has 0 aromatic heterocycles. The standard InChI is InChI=1S/C13H17ClN2O/c1-8(9-3-4-9)16-13(17)11-7-10(14)5-6-12(11)15-2/h5-9,15H,3-4H2,1-2H3,(H,16,17). The minimum atomic E-state index is -0.0590. The van der Waals surface area contributed by atoms with E-state index in [0.29, 0.717) is 16.5 Å². The quantitative estimate of drug-likeness (QED) is 0.865. The maximum absolute atomic E-state index is 12.1. The van der Waals surface area contributed by atoms with Crippen LogP contribution >= 0.6 is 11.6 Å². The molecule has 1 saturated carbocycles. The van der Waals surface area contributed by atoms with Crippen molar-refractivity contribution in [2.24, 2.45) is 5.92 Å². The Morgan fingerprint density at radius 2 is 2.18 bits per heavy atom.